The molecule has 1 rings (SSSR count). The summed E-state index contributed by atoms with van der Waals surface area (Å²) >= 11 is 0. The van der Waals surface area contributed by atoms with Crippen LogP contribution in [0.15, 0.2) is 24.3 Å². The van der Waals surface area contributed by atoms with Crippen molar-refractivity contribution in [3.63, 3.8) is 0 Å². The van der Waals surface area contributed by atoms with E-state index >= 15 is 0 Å². The van der Waals surface area contributed by atoms with Gasteiger partial charge in [0, 0.05) is 0 Å². The van der Waals surface area contributed by atoms with Crippen LogP contribution in [0.25, 0.3) is 0 Å². The van der Waals surface area contributed by atoms with Crippen molar-refractivity contribution < 1.29 is 13.0 Å². The Hall–Kier alpha value is -0.870. The standard InChI is InChI=1S/C31H56O3S/c1-3-5-7-9-11-13-15-17-19-21-25-29-26-23-24-27-30(29)31(35(32,33)34)28-22-20-18-16-14-12-10-8-6-4-2/h23-24,26-27,31H,3-22,25,28H2,1-2H3,(H,32,33,34). The van der Waals surface area contributed by atoms with Gasteiger partial charge >= 0.3 is 0 Å². The van der Waals surface area contributed by atoms with Crippen molar-refractivity contribution in [1.29, 1.82) is 0 Å². The summed E-state index contributed by atoms with van der Waals surface area (Å²) in [6.45, 7) is 4.50. The van der Waals surface area contributed by atoms with Crippen molar-refractivity contribution in [2.45, 2.75) is 160 Å². The Morgan fingerprint density at radius 3 is 1.46 bits per heavy atom. The van der Waals surface area contributed by atoms with Gasteiger partial charge < -0.3 is 0 Å². The number of unbranched alkanes of at least 4 members (excludes halogenated alkanes) is 18. The van der Waals surface area contributed by atoms with E-state index in [0.29, 0.717) is 6.42 Å². The molecule has 1 aromatic rings. The van der Waals surface area contributed by atoms with Gasteiger partial charge in [-0.05, 0) is 30.4 Å². The van der Waals surface area contributed by atoms with E-state index < -0.39 is 15.4 Å². The molecule has 0 heterocycles. The highest BCUT2D eigenvalue weighted by molar-refractivity contribution is 7.86. The van der Waals surface area contributed by atoms with Crippen molar-refractivity contribution in [2.75, 3.05) is 0 Å². The molecule has 0 aliphatic rings. The van der Waals surface area contributed by atoms with Crippen molar-refractivity contribution >= 4 is 10.1 Å². The number of aryl methyl sites for hydroxylation is 1. The monoisotopic (exact) mass is 508 g/mol. The molecule has 3 nitrogen and oxygen atoms in total. The average Bonchev–Trinajstić information content (AvgIpc) is 2.83. The van der Waals surface area contributed by atoms with E-state index in [-0.39, 0.29) is 0 Å². The van der Waals surface area contributed by atoms with Crippen molar-refractivity contribution in [3.05, 3.63) is 35.4 Å². The molecule has 0 bridgehead atoms. The van der Waals surface area contributed by atoms with Crippen LogP contribution in [0.3, 0.4) is 0 Å². The first-order chi connectivity index (χ1) is 17.0. The maximum atomic E-state index is 12.3. The van der Waals surface area contributed by atoms with E-state index in [1.165, 1.54) is 103 Å². The third-order valence-electron chi connectivity index (χ3n) is 7.38. The Morgan fingerprint density at radius 1 is 0.600 bits per heavy atom. The molecule has 0 radical (unpaired) electrons. The first kappa shape index (κ1) is 32.2. The van der Waals surface area contributed by atoms with E-state index in [1.54, 1.807) is 0 Å². The van der Waals surface area contributed by atoms with Gasteiger partial charge in [0.1, 0.15) is 5.25 Å². The SMILES string of the molecule is CCCCCCCCCCCCc1ccccc1C(CCCCCCCCCCCC)S(=O)(=O)O. The van der Waals surface area contributed by atoms with Gasteiger partial charge in [0.2, 0.25) is 0 Å². The van der Waals surface area contributed by atoms with Crippen LogP contribution in [0.2, 0.25) is 0 Å². The molecule has 1 N–H and O–H groups in total. The summed E-state index contributed by atoms with van der Waals surface area (Å²) in [7, 11) is -4.10. The van der Waals surface area contributed by atoms with E-state index in [1.807, 2.05) is 18.2 Å². The fourth-order valence-electron chi connectivity index (χ4n) is 5.16. The molecule has 0 aliphatic heterocycles. The van der Waals surface area contributed by atoms with Crippen molar-refractivity contribution in [1.82, 2.24) is 0 Å². The number of rotatable bonds is 24. The summed E-state index contributed by atoms with van der Waals surface area (Å²) in [5.41, 5.74) is 1.92. The molecule has 0 aliphatic carbocycles. The minimum absolute atomic E-state index is 0.518. The molecule has 0 saturated heterocycles. The zero-order valence-electron chi connectivity index (χ0n) is 23.1. The largest absolute Gasteiger partial charge is 0.285 e. The third kappa shape index (κ3) is 16.5. The minimum Gasteiger partial charge on any atom is -0.285 e. The second-order valence-electron chi connectivity index (χ2n) is 10.6. The fourth-order valence-corrected chi connectivity index (χ4v) is 6.18. The van der Waals surface area contributed by atoms with Gasteiger partial charge in [-0.1, -0.05) is 160 Å². The minimum atomic E-state index is -4.10. The molecule has 0 spiro atoms. The van der Waals surface area contributed by atoms with Gasteiger partial charge in [0.15, 0.2) is 0 Å². The zero-order valence-corrected chi connectivity index (χ0v) is 23.9. The molecule has 1 atom stereocenters. The van der Waals surface area contributed by atoms with Crippen molar-refractivity contribution in [2.24, 2.45) is 0 Å². The summed E-state index contributed by atoms with van der Waals surface area (Å²) in [5.74, 6) is 0. The molecule has 0 saturated carbocycles. The fraction of sp³-hybridized carbons (Fsp3) is 0.806. The lowest BCUT2D eigenvalue weighted by Crippen LogP contribution is -2.14. The molecule has 1 unspecified atom stereocenters. The van der Waals surface area contributed by atoms with Crippen LogP contribution in [-0.4, -0.2) is 13.0 Å². The van der Waals surface area contributed by atoms with E-state index in [4.69, 9.17) is 0 Å². The van der Waals surface area contributed by atoms with Crippen LogP contribution in [0.4, 0.5) is 0 Å². The molecule has 204 valence electrons. The van der Waals surface area contributed by atoms with Crippen LogP contribution in [0.5, 0.6) is 0 Å². The summed E-state index contributed by atoms with van der Waals surface area (Å²) in [4.78, 5) is 0. The molecular formula is C31H56O3S. The normalized spacial score (nSPS) is 12.8. The average molecular weight is 509 g/mol. The summed E-state index contributed by atoms with van der Waals surface area (Å²) in [6, 6.07) is 7.88. The number of hydrogen-bond acceptors (Lipinski definition) is 2. The molecular weight excluding hydrogens is 452 g/mol. The smallest absolute Gasteiger partial charge is 0.271 e. The van der Waals surface area contributed by atoms with E-state index in [0.717, 1.165) is 43.2 Å². The van der Waals surface area contributed by atoms with E-state index in [9.17, 15) is 13.0 Å². The van der Waals surface area contributed by atoms with Crippen LogP contribution in [0, 0.1) is 0 Å². The Bertz CT molecular complexity index is 714. The van der Waals surface area contributed by atoms with Crippen molar-refractivity contribution in [3.8, 4) is 0 Å². The maximum Gasteiger partial charge on any atom is 0.271 e. The Labute approximate surface area is 218 Å². The Balaban J connectivity index is 2.37. The van der Waals surface area contributed by atoms with Gasteiger partial charge in [-0.15, -0.1) is 0 Å². The second kappa shape index (κ2) is 21.2. The lowest BCUT2D eigenvalue weighted by atomic mass is 9.96. The predicted octanol–water partition coefficient (Wildman–Crippen LogP) is 10.4. The highest BCUT2D eigenvalue weighted by Crippen LogP contribution is 2.31. The summed E-state index contributed by atoms with van der Waals surface area (Å²) in [6.07, 6.45) is 26.6. The van der Waals surface area contributed by atoms with Crippen LogP contribution in [-0.2, 0) is 16.5 Å². The summed E-state index contributed by atoms with van der Waals surface area (Å²) < 4.78 is 34.6. The lowest BCUT2D eigenvalue weighted by molar-refractivity contribution is 0.457. The Morgan fingerprint density at radius 2 is 1.00 bits per heavy atom. The van der Waals surface area contributed by atoms with Crippen LogP contribution in [0.1, 0.15) is 165 Å². The molecule has 0 fully saturated rings. The van der Waals surface area contributed by atoms with Gasteiger partial charge in [-0.2, -0.15) is 8.42 Å². The van der Waals surface area contributed by atoms with Gasteiger partial charge in [0.25, 0.3) is 10.1 Å². The van der Waals surface area contributed by atoms with Gasteiger partial charge in [-0.25, -0.2) is 0 Å². The quantitative estimate of drug-likeness (QED) is 0.112. The first-order valence-electron chi connectivity index (χ1n) is 15.0. The van der Waals surface area contributed by atoms with E-state index in [2.05, 4.69) is 19.9 Å². The Kier molecular flexibility index (Phi) is 19.5. The molecule has 0 amide bonds. The third-order valence-corrected chi connectivity index (χ3v) is 8.59. The molecule has 1 aromatic carbocycles. The molecule has 4 heteroatoms. The topological polar surface area (TPSA) is 54.4 Å². The first-order valence-corrected chi connectivity index (χ1v) is 16.5. The highest BCUT2D eigenvalue weighted by Gasteiger charge is 2.26. The lowest BCUT2D eigenvalue weighted by Gasteiger charge is -2.18. The van der Waals surface area contributed by atoms with Gasteiger partial charge in [-0.3, -0.25) is 4.55 Å². The number of hydrogen-bond donors (Lipinski definition) is 1. The molecule has 35 heavy (non-hydrogen) atoms. The maximum absolute atomic E-state index is 12.3. The molecule has 0 aromatic heterocycles. The van der Waals surface area contributed by atoms with Crippen LogP contribution >= 0.6 is 0 Å². The highest BCUT2D eigenvalue weighted by atomic mass is 32.2. The van der Waals surface area contributed by atoms with Crippen LogP contribution < -0.4 is 0 Å². The summed E-state index contributed by atoms with van der Waals surface area (Å²) in [5, 5.41) is -0.782. The predicted molar refractivity (Wildman–Crippen MR) is 153 cm³/mol. The number of benzene rings is 1. The zero-order chi connectivity index (χ0) is 25.6. The second-order valence-corrected chi connectivity index (χ2v) is 12.2. The van der Waals surface area contributed by atoms with Gasteiger partial charge in [0.05, 0.1) is 0 Å².